The summed E-state index contributed by atoms with van der Waals surface area (Å²) in [6.45, 7) is 3.54. The lowest BCUT2D eigenvalue weighted by molar-refractivity contribution is 0.0790. The van der Waals surface area contributed by atoms with Gasteiger partial charge >= 0.3 is 0 Å². The minimum absolute atomic E-state index is 0.108. The van der Waals surface area contributed by atoms with Crippen molar-refractivity contribution in [3.63, 3.8) is 0 Å². The van der Waals surface area contributed by atoms with E-state index < -0.39 is 11.8 Å². The summed E-state index contributed by atoms with van der Waals surface area (Å²) in [6, 6.07) is 14.1. The lowest BCUT2D eigenvalue weighted by atomic mass is 9.83. The number of ether oxygens (including phenoxy) is 2. The summed E-state index contributed by atoms with van der Waals surface area (Å²) in [5, 5.41) is 0. The van der Waals surface area contributed by atoms with Crippen LogP contribution in [0.2, 0.25) is 0 Å². The fourth-order valence-electron chi connectivity index (χ4n) is 2.64. The standard InChI is InChI=1S/C20H22O4/c1-13(19(21)15-9-5-7-11-17(15)23-3)14(2)20(22)16-10-6-8-12-18(16)24-4/h5-14H,1-4H3. The Balaban J connectivity index is 2.27. The normalized spacial score (nSPS) is 13.0. The molecule has 2 atom stereocenters. The third-order valence-corrected chi connectivity index (χ3v) is 4.32. The van der Waals surface area contributed by atoms with Gasteiger partial charge < -0.3 is 9.47 Å². The van der Waals surface area contributed by atoms with Crippen LogP contribution < -0.4 is 9.47 Å². The zero-order valence-electron chi connectivity index (χ0n) is 14.4. The molecule has 2 aromatic carbocycles. The second-order valence-corrected chi connectivity index (χ2v) is 5.71. The summed E-state index contributed by atoms with van der Waals surface area (Å²) in [5.74, 6) is -0.124. The molecule has 2 rings (SSSR count). The van der Waals surface area contributed by atoms with Gasteiger partial charge in [-0.3, -0.25) is 9.59 Å². The van der Waals surface area contributed by atoms with E-state index in [-0.39, 0.29) is 11.6 Å². The fourth-order valence-corrected chi connectivity index (χ4v) is 2.64. The van der Waals surface area contributed by atoms with E-state index in [9.17, 15) is 9.59 Å². The first kappa shape index (κ1) is 17.7. The maximum Gasteiger partial charge on any atom is 0.170 e. The highest BCUT2D eigenvalue weighted by Gasteiger charge is 2.30. The number of Topliss-reactive ketones (excluding diaryl/α,β-unsaturated/α-hetero) is 2. The maximum absolute atomic E-state index is 12.8. The third kappa shape index (κ3) is 3.48. The molecule has 0 aliphatic heterocycles. The smallest absolute Gasteiger partial charge is 0.170 e. The quantitative estimate of drug-likeness (QED) is 0.721. The number of carbonyl (C=O) groups is 2. The zero-order valence-corrected chi connectivity index (χ0v) is 14.4. The molecule has 0 fully saturated rings. The van der Waals surface area contributed by atoms with Crippen LogP contribution in [0.5, 0.6) is 11.5 Å². The molecule has 4 heteroatoms. The van der Waals surface area contributed by atoms with Crippen molar-refractivity contribution >= 4 is 11.6 Å². The van der Waals surface area contributed by atoms with Crippen LogP contribution in [0.4, 0.5) is 0 Å². The molecular formula is C20H22O4. The molecule has 0 spiro atoms. The highest BCUT2D eigenvalue weighted by atomic mass is 16.5. The van der Waals surface area contributed by atoms with Crippen molar-refractivity contribution in [3.8, 4) is 11.5 Å². The Morgan fingerprint density at radius 3 is 1.38 bits per heavy atom. The average Bonchev–Trinajstić information content (AvgIpc) is 2.65. The van der Waals surface area contributed by atoms with E-state index in [0.29, 0.717) is 22.6 Å². The lowest BCUT2D eigenvalue weighted by Crippen LogP contribution is -2.26. The van der Waals surface area contributed by atoms with Gasteiger partial charge in [0.25, 0.3) is 0 Å². The Bertz CT molecular complexity index is 672. The number of para-hydroxylation sites is 2. The van der Waals surface area contributed by atoms with Gasteiger partial charge in [-0.1, -0.05) is 38.1 Å². The Morgan fingerprint density at radius 1 is 0.708 bits per heavy atom. The van der Waals surface area contributed by atoms with Gasteiger partial charge in [0.2, 0.25) is 0 Å². The average molecular weight is 326 g/mol. The highest BCUT2D eigenvalue weighted by Crippen LogP contribution is 2.28. The second-order valence-electron chi connectivity index (χ2n) is 5.71. The minimum atomic E-state index is -0.473. The summed E-state index contributed by atoms with van der Waals surface area (Å²) in [5.41, 5.74) is 0.986. The van der Waals surface area contributed by atoms with Crippen LogP contribution >= 0.6 is 0 Å². The van der Waals surface area contributed by atoms with E-state index in [4.69, 9.17) is 9.47 Å². The predicted molar refractivity (Wildman–Crippen MR) is 93.0 cm³/mol. The summed E-state index contributed by atoms with van der Waals surface area (Å²) in [7, 11) is 3.06. The highest BCUT2D eigenvalue weighted by molar-refractivity contribution is 6.06. The molecule has 0 radical (unpaired) electrons. The first-order chi connectivity index (χ1) is 11.5. The summed E-state index contributed by atoms with van der Waals surface area (Å²) < 4.78 is 10.5. The molecule has 2 unspecified atom stereocenters. The molecule has 0 heterocycles. The molecule has 0 amide bonds. The Morgan fingerprint density at radius 2 is 1.04 bits per heavy atom. The number of carbonyl (C=O) groups excluding carboxylic acids is 2. The van der Waals surface area contributed by atoms with Gasteiger partial charge in [0.15, 0.2) is 11.6 Å². The van der Waals surface area contributed by atoms with Crippen LogP contribution in [0.3, 0.4) is 0 Å². The van der Waals surface area contributed by atoms with E-state index in [1.165, 1.54) is 14.2 Å². The van der Waals surface area contributed by atoms with Crippen molar-refractivity contribution in [2.24, 2.45) is 11.8 Å². The van der Waals surface area contributed by atoms with E-state index >= 15 is 0 Å². The van der Waals surface area contributed by atoms with Crippen molar-refractivity contribution in [3.05, 3.63) is 59.7 Å². The van der Waals surface area contributed by atoms with E-state index in [1.807, 2.05) is 12.1 Å². The molecule has 0 saturated heterocycles. The molecule has 0 N–H and O–H groups in total. The molecule has 0 aromatic heterocycles. The number of ketones is 2. The number of benzene rings is 2. The molecule has 2 aromatic rings. The predicted octanol–water partition coefficient (Wildman–Crippen LogP) is 4.04. The van der Waals surface area contributed by atoms with Crippen LogP contribution in [0.25, 0.3) is 0 Å². The number of hydrogen-bond acceptors (Lipinski definition) is 4. The van der Waals surface area contributed by atoms with Gasteiger partial charge in [0.1, 0.15) is 11.5 Å². The molecule has 0 saturated carbocycles. The Kier molecular flexibility index (Phi) is 5.74. The molecule has 0 aliphatic carbocycles. The first-order valence-corrected chi connectivity index (χ1v) is 7.85. The van der Waals surface area contributed by atoms with Crippen LogP contribution in [0.1, 0.15) is 34.6 Å². The van der Waals surface area contributed by atoms with Gasteiger partial charge in [-0.25, -0.2) is 0 Å². The van der Waals surface area contributed by atoms with Crippen LogP contribution in [-0.4, -0.2) is 25.8 Å². The Hall–Kier alpha value is -2.62. The zero-order chi connectivity index (χ0) is 17.7. The van der Waals surface area contributed by atoms with Crippen molar-refractivity contribution < 1.29 is 19.1 Å². The topological polar surface area (TPSA) is 52.6 Å². The van der Waals surface area contributed by atoms with Crippen molar-refractivity contribution in [2.45, 2.75) is 13.8 Å². The van der Waals surface area contributed by atoms with Crippen LogP contribution in [-0.2, 0) is 0 Å². The molecule has 126 valence electrons. The lowest BCUT2D eigenvalue weighted by Gasteiger charge is -2.20. The van der Waals surface area contributed by atoms with Crippen LogP contribution in [0, 0.1) is 11.8 Å². The Labute approximate surface area is 142 Å². The van der Waals surface area contributed by atoms with Crippen molar-refractivity contribution in [2.75, 3.05) is 14.2 Å². The van der Waals surface area contributed by atoms with Gasteiger partial charge in [-0.15, -0.1) is 0 Å². The van der Waals surface area contributed by atoms with Crippen molar-refractivity contribution in [1.82, 2.24) is 0 Å². The summed E-state index contributed by atoms with van der Waals surface area (Å²) >= 11 is 0. The first-order valence-electron chi connectivity index (χ1n) is 7.85. The largest absolute Gasteiger partial charge is 0.496 e. The fraction of sp³-hybridized carbons (Fsp3) is 0.300. The molecule has 24 heavy (non-hydrogen) atoms. The summed E-state index contributed by atoms with van der Waals surface area (Å²) in [6.07, 6.45) is 0. The van der Waals surface area contributed by atoms with Crippen LogP contribution in [0.15, 0.2) is 48.5 Å². The number of rotatable bonds is 7. The monoisotopic (exact) mass is 326 g/mol. The maximum atomic E-state index is 12.8. The van der Waals surface area contributed by atoms with Gasteiger partial charge in [0, 0.05) is 11.8 Å². The van der Waals surface area contributed by atoms with E-state index in [1.54, 1.807) is 50.2 Å². The number of hydrogen-bond donors (Lipinski definition) is 0. The van der Waals surface area contributed by atoms with Gasteiger partial charge in [0.05, 0.1) is 25.3 Å². The third-order valence-electron chi connectivity index (χ3n) is 4.32. The molecular weight excluding hydrogens is 304 g/mol. The molecule has 0 bridgehead atoms. The summed E-state index contributed by atoms with van der Waals surface area (Å²) in [4.78, 5) is 25.6. The van der Waals surface area contributed by atoms with Gasteiger partial charge in [-0.2, -0.15) is 0 Å². The molecule has 0 aliphatic rings. The molecule has 4 nitrogen and oxygen atoms in total. The van der Waals surface area contributed by atoms with E-state index in [0.717, 1.165) is 0 Å². The SMILES string of the molecule is COc1ccccc1C(=O)C(C)C(C)C(=O)c1ccccc1OC. The van der Waals surface area contributed by atoms with E-state index in [2.05, 4.69) is 0 Å². The number of methoxy groups -OCH3 is 2. The van der Waals surface area contributed by atoms with Gasteiger partial charge in [-0.05, 0) is 24.3 Å². The minimum Gasteiger partial charge on any atom is -0.496 e. The van der Waals surface area contributed by atoms with Crippen molar-refractivity contribution in [1.29, 1.82) is 0 Å². The second kappa shape index (κ2) is 7.77.